The highest BCUT2D eigenvalue weighted by atomic mass is 16.5. The summed E-state index contributed by atoms with van der Waals surface area (Å²) in [6.45, 7) is 1.82. The van der Waals surface area contributed by atoms with Gasteiger partial charge in [-0.25, -0.2) is 9.78 Å². The van der Waals surface area contributed by atoms with Gasteiger partial charge < -0.3 is 26.2 Å². The van der Waals surface area contributed by atoms with Crippen molar-refractivity contribution >= 4 is 17.8 Å². The van der Waals surface area contributed by atoms with Gasteiger partial charge in [0.1, 0.15) is 5.82 Å². The van der Waals surface area contributed by atoms with Crippen molar-refractivity contribution in [3.63, 3.8) is 0 Å². The molecule has 0 bridgehead atoms. The summed E-state index contributed by atoms with van der Waals surface area (Å²) in [6.07, 6.45) is 6.32. The molecule has 1 aromatic heterocycles. The van der Waals surface area contributed by atoms with Gasteiger partial charge in [-0.3, -0.25) is 4.79 Å². The van der Waals surface area contributed by atoms with Crippen molar-refractivity contribution in [2.24, 2.45) is 11.7 Å². The Bertz CT molecular complexity index is 1340. The molecule has 2 fully saturated rings. The van der Waals surface area contributed by atoms with Crippen LogP contribution in [0.15, 0.2) is 66.9 Å². The van der Waals surface area contributed by atoms with Gasteiger partial charge in [-0.15, -0.1) is 0 Å². The Morgan fingerprint density at radius 2 is 1.65 bits per heavy atom. The van der Waals surface area contributed by atoms with Crippen molar-refractivity contribution in [2.45, 2.75) is 69.1 Å². The highest BCUT2D eigenvalue weighted by molar-refractivity contribution is 5.92. The lowest BCUT2D eigenvalue weighted by Gasteiger charge is -2.49. The number of nitrogens with one attached hydrogen (secondary N) is 2. The molecule has 2 aromatic carbocycles. The molecule has 0 aliphatic heterocycles. The molecule has 2 saturated carbocycles. The molecule has 2 aliphatic rings. The van der Waals surface area contributed by atoms with Crippen molar-refractivity contribution in [1.82, 2.24) is 10.3 Å². The minimum Gasteiger partial charge on any atom is -0.453 e. The molecule has 2 aliphatic carbocycles. The highest BCUT2D eigenvalue weighted by Gasteiger charge is 2.49. The number of benzene rings is 2. The van der Waals surface area contributed by atoms with E-state index in [1.807, 2.05) is 73.8 Å². The normalized spacial score (nSPS) is 25.9. The molecule has 1 heterocycles. The number of alkyl carbamates (subject to hydrolysis) is 1. The number of pyridine rings is 1. The number of rotatable bonds is 7. The molecule has 5 N–H and O–H groups in total. The third kappa shape index (κ3) is 6.35. The van der Waals surface area contributed by atoms with E-state index in [-0.39, 0.29) is 17.9 Å². The Morgan fingerprint density at radius 1 is 1.00 bits per heavy atom. The largest absolute Gasteiger partial charge is 0.453 e. The number of methoxy groups -OCH3 is 1. The van der Waals surface area contributed by atoms with Gasteiger partial charge in [0, 0.05) is 29.8 Å². The number of ether oxygens (including phenoxy) is 1. The van der Waals surface area contributed by atoms with E-state index in [0.717, 1.165) is 53.5 Å². The number of aliphatic hydroxyl groups is 1. The van der Waals surface area contributed by atoms with Crippen LogP contribution < -0.4 is 16.4 Å². The number of nitrogens with two attached hydrogens (primary N) is 1. The molecule has 0 atom stereocenters. The smallest absolute Gasteiger partial charge is 0.407 e. The van der Waals surface area contributed by atoms with E-state index in [9.17, 15) is 14.7 Å². The van der Waals surface area contributed by atoms with Crippen molar-refractivity contribution < 1.29 is 19.4 Å². The lowest BCUT2D eigenvalue weighted by molar-refractivity contribution is -0.117. The fourth-order valence-corrected chi connectivity index (χ4v) is 6.30. The third-order valence-corrected chi connectivity index (χ3v) is 8.25. The molecule has 5 rings (SSSR count). The number of aromatic nitrogens is 1. The van der Waals surface area contributed by atoms with Crippen LogP contribution in [0.4, 0.5) is 10.6 Å². The topological polar surface area (TPSA) is 127 Å². The fraction of sp³-hybridized carbons (Fsp3) is 0.406. The Labute approximate surface area is 235 Å². The maximum atomic E-state index is 12.9. The summed E-state index contributed by atoms with van der Waals surface area (Å²) in [6, 6.07) is 20.2. The van der Waals surface area contributed by atoms with Gasteiger partial charge in [-0.2, -0.15) is 0 Å². The summed E-state index contributed by atoms with van der Waals surface area (Å²) < 4.78 is 4.69. The zero-order chi connectivity index (χ0) is 28.3. The molecule has 0 unspecified atom stereocenters. The zero-order valence-electron chi connectivity index (χ0n) is 23.2. The Hall–Kier alpha value is -3.75. The fourth-order valence-electron chi connectivity index (χ4n) is 6.30. The molecule has 210 valence electrons. The standard InChI is InChI=1S/C32H38N4O4/c1-31(39)19-32(33,20-31)24-12-10-23(11-13-24)27-18-34-28(17-26(27)22-6-4-3-5-7-22)36-29(37)16-21-8-14-25(15-9-21)35-30(38)40-2/h3-7,10-13,17-18,21,25,39H,8-9,14-16,19-20,33H2,1-2H3,(H,35,38)(H,34,36,37)/t21?,25?,31-,32-. The van der Waals surface area contributed by atoms with Crippen LogP contribution in [-0.2, 0) is 15.1 Å². The minimum absolute atomic E-state index is 0.0578. The first kappa shape index (κ1) is 27.8. The van der Waals surface area contributed by atoms with Crippen LogP contribution in [0.3, 0.4) is 0 Å². The first-order chi connectivity index (χ1) is 19.1. The molecular weight excluding hydrogens is 504 g/mol. The lowest BCUT2D eigenvalue weighted by Crippen LogP contribution is -2.58. The molecule has 3 aromatic rings. The van der Waals surface area contributed by atoms with Gasteiger partial charge in [0.05, 0.1) is 12.7 Å². The van der Waals surface area contributed by atoms with E-state index in [1.165, 1.54) is 7.11 Å². The predicted molar refractivity (Wildman–Crippen MR) is 155 cm³/mol. The predicted octanol–water partition coefficient (Wildman–Crippen LogP) is 5.36. The molecular formula is C32H38N4O4. The summed E-state index contributed by atoms with van der Waals surface area (Å²) >= 11 is 0. The van der Waals surface area contributed by atoms with Crippen molar-refractivity contribution in [3.8, 4) is 22.3 Å². The maximum Gasteiger partial charge on any atom is 0.407 e. The second-order valence-corrected chi connectivity index (χ2v) is 11.7. The van der Waals surface area contributed by atoms with Gasteiger partial charge in [0.15, 0.2) is 0 Å². The van der Waals surface area contributed by atoms with Crippen LogP contribution >= 0.6 is 0 Å². The van der Waals surface area contributed by atoms with Gasteiger partial charge in [-0.05, 0) is 79.7 Å². The molecule has 0 saturated heterocycles. The Morgan fingerprint density at radius 3 is 2.27 bits per heavy atom. The van der Waals surface area contributed by atoms with Crippen LogP contribution in [-0.4, -0.2) is 40.8 Å². The number of anilines is 1. The quantitative estimate of drug-likeness (QED) is 0.318. The second kappa shape index (κ2) is 11.4. The van der Waals surface area contributed by atoms with Crippen LogP contribution in [0.2, 0.25) is 0 Å². The molecule has 2 amide bonds. The number of nitrogens with zero attached hydrogens (tertiary/aromatic N) is 1. The summed E-state index contributed by atoms with van der Waals surface area (Å²) in [5.74, 6) is 0.729. The third-order valence-electron chi connectivity index (χ3n) is 8.25. The van der Waals surface area contributed by atoms with E-state index in [0.29, 0.717) is 25.1 Å². The monoisotopic (exact) mass is 542 g/mol. The van der Waals surface area contributed by atoms with E-state index < -0.39 is 17.2 Å². The number of carbonyl (C=O) groups excluding carboxylic acids is 2. The molecule has 0 spiro atoms. The minimum atomic E-state index is -0.709. The van der Waals surface area contributed by atoms with E-state index in [1.54, 1.807) is 0 Å². The average Bonchev–Trinajstić information content (AvgIpc) is 2.93. The van der Waals surface area contributed by atoms with Gasteiger partial charge >= 0.3 is 6.09 Å². The highest BCUT2D eigenvalue weighted by Crippen LogP contribution is 2.46. The number of carbonyl (C=O) groups is 2. The van der Waals surface area contributed by atoms with Crippen LogP contribution in [0.1, 0.15) is 57.4 Å². The van der Waals surface area contributed by atoms with Gasteiger partial charge in [0.2, 0.25) is 5.91 Å². The number of hydrogen-bond donors (Lipinski definition) is 4. The summed E-state index contributed by atoms with van der Waals surface area (Å²) in [7, 11) is 1.36. The molecule has 8 heteroatoms. The Kier molecular flexibility index (Phi) is 7.92. The SMILES string of the molecule is COC(=O)NC1CCC(CC(=O)Nc2cc(-c3ccccc3)c(-c3ccc([C@]4(N)C[C@](C)(O)C4)cc3)cn2)CC1. The lowest BCUT2D eigenvalue weighted by atomic mass is 9.63. The van der Waals surface area contributed by atoms with Gasteiger partial charge in [-0.1, -0.05) is 54.6 Å². The van der Waals surface area contributed by atoms with E-state index in [2.05, 4.69) is 20.4 Å². The molecule has 8 nitrogen and oxygen atoms in total. The molecule has 0 radical (unpaired) electrons. The van der Waals surface area contributed by atoms with Crippen LogP contribution in [0.25, 0.3) is 22.3 Å². The van der Waals surface area contributed by atoms with Gasteiger partial charge in [0.25, 0.3) is 0 Å². The van der Waals surface area contributed by atoms with Crippen molar-refractivity contribution in [1.29, 1.82) is 0 Å². The summed E-state index contributed by atoms with van der Waals surface area (Å²) in [4.78, 5) is 29.0. The van der Waals surface area contributed by atoms with Crippen molar-refractivity contribution in [3.05, 3.63) is 72.4 Å². The number of hydrogen-bond acceptors (Lipinski definition) is 6. The summed E-state index contributed by atoms with van der Waals surface area (Å²) in [5, 5.41) is 16.1. The van der Waals surface area contributed by atoms with E-state index in [4.69, 9.17) is 5.73 Å². The molecule has 40 heavy (non-hydrogen) atoms. The van der Waals surface area contributed by atoms with Crippen LogP contribution in [0, 0.1) is 5.92 Å². The Balaban J connectivity index is 1.29. The summed E-state index contributed by atoms with van der Waals surface area (Å²) in [5.41, 5.74) is 10.3. The first-order valence-corrected chi connectivity index (χ1v) is 14.0. The average molecular weight is 543 g/mol. The van der Waals surface area contributed by atoms with Crippen LogP contribution in [0.5, 0.6) is 0 Å². The second-order valence-electron chi connectivity index (χ2n) is 11.7. The van der Waals surface area contributed by atoms with Crippen molar-refractivity contribution in [2.75, 3.05) is 12.4 Å². The number of amides is 2. The van der Waals surface area contributed by atoms with E-state index >= 15 is 0 Å². The maximum absolute atomic E-state index is 12.9. The zero-order valence-corrected chi connectivity index (χ0v) is 23.2. The first-order valence-electron chi connectivity index (χ1n) is 14.0.